The van der Waals surface area contributed by atoms with Crippen LogP contribution in [0.25, 0.3) is 0 Å². The minimum Gasteiger partial charge on any atom is -0.492 e. The lowest BCUT2D eigenvalue weighted by Gasteiger charge is -2.12. The van der Waals surface area contributed by atoms with Crippen LogP contribution in [0.2, 0.25) is 0 Å². The summed E-state index contributed by atoms with van der Waals surface area (Å²) in [6, 6.07) is 6.20. The Hall–Kier alpha value is -0.580. The molecular formula is C14H20BrNO2. The van der Waals surface area contributed by atoms with E-state index >= 15 is 0 Å². The van der Waals surface area contributed by atoms with Crippen molar-refractivity contribution >= 4 is 15.9 Å². The molecule has 0 radical (unpaired) electrons. The standard InChI is InChI=1S/C14H20BrNO2/c1-16-10-11-4-5-14(13(15)9-11)18-8-6-12-3-2-7-17-12/h4-5,9,12,16H,2-3,6-8,10H2,1H3. The summed E-state index contributed by atoms with van der Waals surface area (Å²) in [5, 5.41) is 3.13. The smallest absolute Gasteiger partial charge is 0.133 e. The zero-order valence-corrected chi connectivity index (χ0v) is 12.3. The second-order valence-electron chi connectivity index (χ2n) is 4.57. The number of nitrogens with one attached hydrogen (secondary N) is 1. The molecule has 1 N–H and O–H groups in total. The van der Waals surface area contributed by atoms with Crippen molar-refractivity contribution in [2.45, 2.75) is 31.9 Å². The number of halogens is 1. The van der Waals surface area contributed by atoms with Crippen molar-refractivity contribution in [1.82, 2.24) is 5.32 Å². The predicted molar refractivity (Wildman–Crippen MR) is 76.0 cm³/mol. The van der Waals surface area contributed by atoms with Crippen molar-refractivity contribution in [2.75, 3.05) is 20.3 Å². The summed E-state index contributed by atoms with van der Waals surface area (Å²) in [5.74, 6) is 0.910. The monoisotopic (exact) mass is 313 g/mol. The molecule has 0 bridgehead atoms. The molecular weight excluding hydrogens is 294 g/mol. The summed E-state index contributed by atoms with van der Waals surface area (Å²) in [4.78, 5) is 0. The summed E-state index contributed by atoms with van der Waals surface area (Å²) in [7, 11) is 1.94. The molecule has 1 aliphatic rings. The zero-order chi connectivity index (χ0) is 12.8. The summed E-state index contributed by atoms with van der Waals surface area (Å²) < 4.78 is 12.4. The highest BCUT2D eigenvalue weighted by Gasteiger charge is 2.15. The van der Waals surface area contributed by atoms with Crippen LogP contribution < -0.4 is 10.1 Å². The summed E-state index contributed by atoms with van der Waals surface area (Å²) in [6.07, 6.45) is 3.73. The Morgan fingerprint density at radius 1 is 1.50 bits per heavy atom. The molecule has 0 spiro atoms. The Bertz CT molecular complexity index is 378. The molecule has 1 saturated heterocycles. The predicted octanol–water partition coefficient (Wildman–Crippen LogP) is 3.12. The summed E-state index contributed by atoms with van der Waals surface area (Å²) in [5.41, 5.74) is 1.25. The van der Waals surface area contributed by atoms with Crippen molar-refractivity contribution in [3.8, 4) is 5.75 Å². The molecule has 1 aromatic carbocycles. The Kier molecular flexibility index (Phi) is 5.47. The van der Waals surface area contributed by atoms with E-state index in [9.17, 15) is 0 Å². The molecule has 0 amide bonds. The molecule has 1 unspecified atom stereocenters. The van der Waals surface area contributed by atoms with Gasteiger partial charge in [-0.15, -0.1) is 0 Å². The van der Waals surface area contributed by atoms with E-state index in [1.165, 1.54) is 18.4 Å². The van der Waals surface area contributed by atoms with Crippen LogP contribution in [0.15, 0.2) is 22.7 Å². The maximum Gasteiger partial charge on any atom is 0.133 e. The number of benzene rings is 1. The second kappa shape index (κ2) is 7.12. The van der Waals surface area contributed by atoms with Gasteiger partial charge in [0.1, 0.15) is 5.75 Å². The number of hydrogen-bond acceptors (Lipinski definition) is 3. The number of rotatable bonds is 6. The van der Waals surface area contributed by atoms with E-state index in [0.717, 1.165) is 29.8 Å². The van der Waals surface area contributed by atoms with Crippen molar-refractivity contribution < 1.29 is 9.47 Å². The van der Waals surface area contributed by atoms with Gasteiger partial charge in [-0.1, -0.05) is 6.07 Å². The number of hydrogen-bond donors (Lipinski definition) is 1. The van der Waals surface area contributed by atoms with Crippen LogP contribution in [0.5, 0.6) is 5.75 Å². The highest BCUT2D eigenvalue weighted by atomic mass is 79.9. The maximum atomic E-state index is 5.78. The normalized spacial score (nSPS) is 19.1. The van der Waals surface area contributed by atoms with E-state index in [1.807, 2.05) is 13.1 Å². The van der Waals surface area contributed by atoms with E-state index in [-0.39, 0.29) is 0 Å². The molecule has 18 heavy (non-hydrogen) atoms. The van der Waals surface area contributed by atoms with Gasteiger partial charge in [-0.2, -0.15) is 0 Å². The third-order valence-corrected chi connectivity index (χ3v) is 3.72. The molecule has 1 fully saturated rings. The van der Waals surface area contributed by atoms with E-state index < -0.39 is 0 Å². The Balaban J connectivity index is 1.81. The van der Waals surface area contributed by atoms with Gasteiger partial charge in [0.05, 0.1) is 17.2 Å². The highest BCUT2D eigenvalue weighted by Crippen LogP contribution is 2.26. The first kappa shape index (κ1) is 13.8. The molecule has 4 heteroatoms. The van der Waals surface area contributed by atoms with Crippen LogP contribution in [0, 0.1) is 0 Å². The van der Waals surface area contributed by atoms with E-state index in [1.54, 1.807) is 0 Å². The molecule has 3 nitrogen and oxygen atoms in total. The average molecular weight is 314 g/mol. The fourth-order valence-electron chi connectivity index (χ4n) is 2.15. The van der Waals surface area contributed by atoms with Crippen LogP contribution in [-0.4, -0.2) is 26.4 Å². The van der Waals surface area contributed by atoms with Crippen molar-refractivity contribution in [3.63, 3.8) is 0 Å². The van der Waals surface area contributed by atoms with Crippen molar-refractivity contribution in [3.05, 3.63) is 28.2 Å². The largest absolute Gasteiger partial charge is 0.492 e. The fraction of sp³-hybridized carbons (Fsp3) is 0.571. The van der Waals surface area contributed by atoms with Gasteiger partial charge >= 0.3 is 0 Å². The summed E-state index contributed by atoms with van der Waals surface area (Å²) in [6.45, 7) is 2.50. The Morgan fingerprint density at radius 3 is 3.06 bits per heavy atom. The lowest BCUT2D eigenvalue weighted by molar-refractivity contribution is 0.0902. The summed E-state index contributed by atoms with van der Waals surface area (Å²) >= 11 is 3.55. The molecule has 0 aromatic heterocycles. The van der Waals surface area contributed by atoms with Gasteiger partial charge in [0.25, 0.3) is 0 Å². The van der Waals surface area contributed by atoms with Gasteiger partial charge in [-0.3, -0.25) is 0 Å². The first-order valence-corrected chi connectivity index (χ1v) is 7.26. The Morgan fingerprint density at radius 2 is 2.39 bits per heavy atom. The molecule has 0 aliphatic carbocycles. The third kappa shape index (κ3) is 3.97. The van der Waals surface area contributed by atoms with Crippen molar-refractivity contribution in [2.24, 2.45) is 0 Å². The van der Waals surface area contributed by atoms with Gasteiger partial charge < -0.3 is 14.8 Å². The van der Waals surface area contributed by atoms with Gasteiger partial charge in [0.2, 0.25) is 0 Å². The molecule has 100 valence electrons. The lowest BCUT2D eigenvalue weighted by atomic mass is 10.2. The molecule has 1 aromatic rings. The zero-order valence-electron chi connectivity index (χ0n) is 10.7. The Labute approximate surface area is 117 Å². The first-order valence-electron chi connectivity index (χ1n) is 6.47. The minimum atomic E-state index is 0.396. The third-order valence-electron chi connectivity index (χ3n) is 3.10. The van der Waals surface area contributed by atoms with Crippen LogP contribution in [-0.2, 0) is 11.3 Å². The second-order valence-corrected chi connectivity index (χ2v) is 5.42. The van der Waals surface area contributed by atoms with Crippen LogP contribution in [0.1, 0.15) is 24.8 Å². The molecule has 0 saturated carbocycles. The highest BCUT2D eigenvalue weighted by molar-refractivity contribution is 9.10. The van der Waals surface area contributed by atoms with Gasteiger partial charge in [0.15, 0.2) is 0 Å². The molecule has 2 rings (SSSR count). The van der Waals surface area contributed by atoms with Gasteiger partial charge in [0, 0.05) is 19.6 Å². The molecule has 1 aliphatic heterocycles. The average Bonchev–Trinajstić information content (AvgIpc) is 2.85. The minimum absolute atomic E-state index is 0.396. The van der Waals surface area contributed by atoms with Crippen LogP contribution in [0.3, 0.4) is 0 Å². The topological polar surface area (TPSA) is 30.5 Å². The van der Waals surface area contributed by atoms with Crippen LogP contribution >= 0.6 is 15.9 Å². The van der Waals surface area contributed by atoms with Gasteiger partial charge in [-0.05, 0) is 53.5 Å². The lowest BCUT2D eigenvalue weighted by Crippen LogP contribution is -2.11. The van der Waals surface area contributed by atoms with Gasteiger partial charge in [-0.25, -0.2) is 0 Å². The molecule has 1 atom stereocenters. The quantitative estimate of drug-likeness (QED) is 0.875. The SMILES string of the molecule is CNCc1ccc(OCCC2CCCO2)c(Br)c1. The number of ether oxygens (including phenoxy) is 2. The fourth-order valence-corrected chi connectivity index (χ4v) is 2.69. The maximum absolute atomic E-state index is 5.78. The first-order chi connectivity index (χ1) is 8.79. The van der Waals surface area contributed by atoms with Crippen molar-refractivity contribution in [1.29, 1.82) is 0 Å². The van der Waals surface area contributed by atoms with Crippen LogP contribution in [0.4, 0.5) is 0 Å². The van der Waals surface area contributed by atoms with E-state index in [2.05, 4.69) is 33.4 Å². The van der Waals surface area contributed by atoms with E-state index in [4.69, 9.17) is 9.47 Å². The van der Waals surface area contributed by atoms with E-state index in [0.29, 0.717) is 12.7 Å². The molecule has 1 heterocycles.